The van der Waals surface area contributed by atoms with Gasteiger partial charge >= 0.3 is 0 Å². The lowest BCUT2D eigenvalue weighted by Gasteiger charge is -2.04. The lowest BCUT2D eigenvalue weighted by Crippen LogP contribution is -2.13. The fraction of sp³-hybridized carbons (Fsp3) is 0.0345. The number of aliphatic imine (C=N–C) groups is 2. The Hall–Kier alpha value is -4.84. The van der Waals surface area contributed by atoms with Gasteiger partial charge in [0.15, 0.2) is 0 Å². The van der Waals surface area contributed by atoms with Gasteiger partial charge in [0.25, 0.3) is 11.8 Å². The summed E-state index contributed by atoms with van der Waals surface area (Å²) in [4.78, 5) is 33.7. The van der Waals surface area contributed by atoms with Crippen molar-refractivity contribution in [1.29, 1.82) is 0 Å². The molecule has 0 saturated heterocycles. The topological polar surface area (TPSA) is 82.9 Å². The van der Waals surface area contributed by atoms with E-state index in [1.54, 1.807) is 0 Å². The second-order valence-electron chi connectivity index (χ2n) is 8.43. The Morgan fingerprint density at radius 2 is 0.914 bits per heavy atom. The van der Waals surface area contributed by atoms with Crippen LogP contribution in [-0.4, -0.2) is 23.2 Å². The third kappa shape index (κ3) is 4.02. The van der Waals surface area contributed by atoms with Gasteiger partial charge in [0.05, 0.1) is 22.7 Å². The highest BCUT2D eigenvalue weighted by Crippen LogP contribution is 2.27. The average molecular weight is 457 g/mol. The molecule has 4 aromatic rings. The molecule has 168 valence electrons. The molecule has 0 aromatic heterocycles. The number of nitrogens with one attached hydrogen (secondary N) is 2. The predicted molar refractivity (Wildman–Crippen MR) is 138 cm³/mol. The van der Waals surface area contributed by atoms with Gasteiger partial charge in [0.1, 0.15) is 11.4 Å². The van der Waals surface area contributed by atoms with E-state index in [1.165, 1.54) is 0 Å². The third-order valence-electron chi connectivity index (χ3n) is 6.05. The van der Waals surface area contributed by atoms with Crippen LogP contribution in [0.3, 0.4) is 0 Å². The van der Waals surface area contributed by atoms with Crippen LogP contribution >= 0.6 is 0 Å². The van der Waals surface area contributed by atoms with Crippen LogP contribution in [0.5, 0.6) is 0 Å². The summed E-state index contributed by atoms with van der Waals surface area (Å²) >= 11 is 0. The summed E-state index contributed by atoms with van der Waals surface area (Å²) in [6.45, 7) is 0. The van der Waals surface area contributed by atoms with E-state index in [0.717, 1.165) is 51.4 Å². The number of carbonyl (C=O) groups excluding carboxylic acids is 2. The van der Waals surface area contributed by atoms with E-state index in [1.807, 2.05) is 97.1 Å². The van der Waals surface area contributed by atoms with Gasteiger partial charge in [-0.05, 0) is 53.9 Å². The van der Waals surface area contributed by atoms with Crippen molar-refractivity contribution in [1.82, 2.24) is 0 Å². The number of fused-ring (bicyclic) bond motifs is 2. The molecule has 2 aliphatic rings. The van der Waals surface area contributed by atoms with Crippen LogP contribution in [-0.2, 0) is 16.0 Å². The maximum Gasteiger partial charge on any atom is 0.275 e. The molecule has 0 spiro atoms. The Kier molecular flexibility index (Phi) is 5.04. The molecule has 6 nitrogen and oxygen atoms in total. The fourth-order valence-electron chi connectivity index (χ4n) is 4.30. The van der Waals surface area contributed by atoms with Crippen molar-refractivity contribution in [2.24, 2.45) is 9.98 Å². The van der Waals surface area contributed by atoms with Gasteiger partial charge in [-0.2, -0.15) is 0 Å². The Bertz CT molecular complexity index is 1420. The number of anilines is 2. The van der Waals surface area contributed by atoms with Crippen LogP contribution in [0.1, 0.15) is 22.3 Å². The lowest BCUT2D eigenvalue weighted by molar-refractivity contribution is -0.110. The monoisotopic (exact) mass is 456 g/mol. The number of para-hydroxylation sites is 2. The van der Waals surface area contributed by atoms with Gasteiger partial charge in [-0.1, -0.05) is 60.7 Å². The van der Waals surface area contributed by atoms with E-state index in [0.29, 0.717) is 11.4 Å². The molecule has 6 rings (SSSR count). The smallest absolute Gasteiger partial charge is 0.275 e. The molecular weight excluding hydrogens is 436 g/mol. The maximum absolute atomic E-state index is 12.3. The summed E-state index contributed by atoms with van der Waals surface area (Å²) in [5.74, 6) is -0.366. The fourth-order valence-corrected chi connectivity index (χ4v) is 4.30. The van der Waals surface area contributed by atoms with Gasteiger partial charge in [-0.3, -0.25) is 9.59 Å². The number of amides is 2. The summed E-state index contributed by atoms with van der Waals surface area (Å²) in [6, 6.07) is 30.9. The average Bonchev–Trinajstić information content (AvgIpc) is 3.37. The first-order valence-electron chi connectivity index (χ1n) is 11.3. The van der Waals surface area contributed by atoms with Gasteiger partial charge < -0.3 is 10.6 Å². The molecule has 2 heterocycles. The second kappa shape index (κ2) is 8.50. The molecule has 0 saturated carbocycles. The van der Waals surface area contributed by atoms with Crippen LogP contribution in [0, 0.1) is 0 Å². The van der Waals surface area contributed by atoms with Crippen molar-refractivity contribution in [3.05, 3.63) is 119 Å². The van der Waals surface area contributed by atoms with Gasteiger partial charge in [-0.15, -0.1) is 0 Å². The van der Waals surface area contributed by atoms with Crippen molar-refractivity contribution in [3.63, 3.8) is 0 Å². The molecule has 6 heteroatoms. The summed E-state index contributed by atoms with van der Waals surface area (Å²) in [5, 5.41) is 5.69. The summed E-state index contributed by atoms with van der Waals surface area (Å²) in [6.07, 6.45) is 0.750. The molecule has 0 atom stereocenters. The molecule has 2 amide bonds. The van der Waals surface area contributed by atoms with Crippen LogP contribution < -0.4 is 10.6 Å². The zero-order chi connectivity index (χ0) is 23.8. The van der Waals surface area contributed by atoms with Crippen LogP contribution in [0.25, 0.3) is 0 Å². The van der Waals surface area contributed by atoms with Crippen LogP contribution in [0.15, 0.2) is 107 Å². The molecular formula is C29H20N4O2. The molecule has 0 bridgehead atoms. The zero-order valence-corrected chi connectivity index (χ0v) is 18.7. The van der Waals surface area contributed by atoms with E-state index in [2.05, 4.69) is 20.6 Å². The second-order valence-corrected chi connectivity index (χ2v) is 8.43. The van der Waals surface area contributed by atoms with Gasteiger partial charge in [0.2, 0.25) is 0 Å². The largest absolute Gasteiger partial charge is 0.320 e. The molecule has 0 radical (unpaired) electrons. The highest BCUT2D eigenvalue weighted by Gasteiger charge is 2.26. The predicted octanol–water partition coefficient (Wildman–Crippen LogP) is 5.42. The Morgan fingerprint density at radius 3 is 1.34 bits per heavy atom. The highest BCUT2D eigenvalue weighted by molar-refractivity contribution is 6.54. The van der Waals surface area contributed by atoms with Gasteiger partial charge in [0, 0.05) is 11.1 Å². The van der Waals surface area contributed by atoms with E-state index < -0.39 is 0 Å². The third-order valence-corrected chi connectivity index (χ3v) is 6.05. The summed E-state index contributed by atoms with van der Waals surface area (Å²) in [7, 11) is 0. The Morgan fingerprint density at radius 1 is 0.514 bits per heavy atom. The molecule has 4 aromatic carbocycles. The minimum Gasteiger partial charge on any atom is -0.320 e. The molecule has 2 N–H and O–H groups in total. The number of rotatable bonds is 4. The van der Waals surface area contributed by atoms with Crippen molar-refractivity contribution >= 4 is 46.0 Å². The number of carbonyl (C=O) groups is 2. The number of hydrogen-bond acceptors (Lipinski definition) is 4. The molecule has 0 unspecified atom stereocenters. The normalized spacial score (nSPS) is 16.2. The first-order valence-corrected chi connectivity index (χ1v) is 11.3. The van der Waals surface area contributed by atoms with E-state index >= 15 is 0 Å². The van der Waals surface area contributed by atoms with Crippen molar-refractivity contribution in [2.45, 2.75) is 6.42 Å². The summed E-state index contributed by atoms with van der Waals surface area (Å²) < 4.78 is 0. The molecule has 2 aliphatic heterocycles. The molecule has 0 fully saturated rings. The maximum atomic E-state index is 12.3. The Balaban J connectivity index is 1.17. The lowest BCUT2D eigenvalue weighted by atomic mass is 10.0. The standard InChI is InChI=1S/C29H20N4O2/c34-28-26(22-5-1-3-7-24(22)32-28)30-20-13-9-18(10-14-20)17-19-11-15-21(16-12-19)31-27-23-6-2-4-8-25(23)33-29(27)35/h1-16H,17H2,(H,30,32,34)(H,31,33,35). The van der Waals surface area contributed by atoms with Crippen molar-refractivity contribution in [2.75, 3.05) is 10.6 Å². The number of hydrogen-bond donors (Lipinski definition) is 2. The SMILES string of the molecule is O=C1Nc2ccccc2C1=Nc1ccc(Cc2ccc(N=C3C(=O)Nc4ccccc43)cc2)cc1. The number of benzene rings is 4. The molecule has 0 aliphatic carbocycles. The summed E-state index contributed by atoms with van der Waals surface area (Å²) in [5.41, 5.74) is 7.83. The van der Waals surface area contributed by atoms with Crippen molar-refractivity contribution < 1.29 is 9.59 Å². The quantitative estimate of drug-likeness (QED) is 0.430. The minimum atomic E-state index is -0.183. The first kappa shape index (κ1) is 20.7. The Labute approximate surface area is 202 Å². The van der Waals surface area contributed by atoms with Crippen LogP contribution in [0.4, 0.5) is 22.7 Å². The van der Waals surface area contributed by atoms with E-state index in [4.69, 9.17) is 0 Å². The highest BCUT2D eigenvalue weighted by atomic mass is 16.2. The van der Waals surface area contributed by atoms with Crippen LogP contribution in [0.2, 0.25) is 0 Å². The van der Waals surface area contributed by atoms with E-state index in [-0.39, 0.29) is 11.8 Å². The minimum absolute atomic E-state index is 0.183. The number of nitrogens with zero attached hydrogens (tertiary/aromatic N) is 2. The van der Waals surface area contributed by atoms with E-state index in [9.17, 15) is 9.59 Å². The van der Waals surface area contributed by atoms with Gasteiger partial charge in [-0.25, -0.2) is 9.98 Å². The first-order chi connectivity index (χ1) is 17.1. The van der Waals surface area contributed by atoms with Crippen molar-refractivity contribution in [3.8, 4) is 0 Å². The molecule has 35 heavy (non-hydrogen) atoms. The zero-order valence-electron chi connectivity index (χ0n) is 18.7.